The monoisotopic (exact) mass is 260 g/mol. The summed E-state index contributed by atoms with van der Waals surface area (Å²) in [6, 6.07) is 8.41. The zero-order chi connectivity index (χ0) is 13.0. The van der Waals surface area contributed by atoms with Gasteiger partial charge in [0.1, 0.15) is 6.29 Å². The molecule has 1 aromatic heterocycles. The maximum Gasteiger partial charge on any atom is 0.121 e. The molecule has 0 radical (unpaired) electrons. The number of nitrogens with one attached hydrogen (secondary N) is 1. The number of aryl methyl sites for hydroxylation is 1. The molecule has 1 heterocycles. The molecule has 1 atom stereocenters. The van der Waals surface area contributed by atoms with Crippen molar-refractivity contribution in [1.29, 1.82) is 0 Å². The van der Waals surface area contributed by atoms with Gasteiger partial charge < -0.3 is 10.1 Å². The smallest absolute Gasteiger partial charge is 0.121 e. The molecule has 0 aliphatic carbocycles. The Hall–Kier alpha value is -1.52. The minimum Gasteiger partial charge on any atom is -0.313 e. The Labute approximate surface area is 111 Å². The van der Waals surface area contributed by atoms with Crippen LogP contribution in [0.2, 0.25) is 0 Å². The van der Waals surface area contributed by atoms with Crippen molar-refractivity contribution in [2.75, 3.05) is 7.05 Å². The van der Waals surface area contributed by atoms with Crippen molar-refractivity contribution in [1.82, 2.24) is 10.3 Å². The van der Waals surface area contributed by atoms with Crippen LogP contribution in [-0.2, 0) is 4.79 Å². The number of nitrogens with zero attached hydrogens (tertiary/aromatic N) is 1. The van der Waals surface area contributed by atoms with E-state index in [2.05, 4.69) is 34.6 Å². The van der Waals surface area contributed by atoms with E-state index < -0.39 is 0 Å². The zero-order valence-electron chi connectivity index (χ0n) is 10.5. The van der Waals surface area contributed by atoms with Crippen molar-refractivity contribution in [2.24, 2.45) is 0 Å². The summed E-state index contributed by atoms with van der Waals surface area (Å²) in [5.74, 6) is 0. The molecule has 0 saturated carbocycles. The third-order valence-corrected chi connectivity index (χ3v) is 3.98. The zero-order valence-corrected chi connectivity index (χ0v) is 11.3. The van der Waals surface area contributed by atoms with Gasteiger partial charge >= 0.3 is 0 Å². The molecule has 0 saturated heterocycles. The summed E-state index contributed by atoms with van der Waals surface area (Å²) in [6.07, 6.45) is 1.44. The van der Waals surface area contributed by atoms with Crippen LogP contribution in [0.25, 0.3) is 10.4 Å². The second kappa shape index (κ2) is 5.89. The second-order valence-corrected chi connectivity index (χ2v) is 4.99. The largest absolute Gasteiger partial charge is 0.313 e. The molecular formula is C14H16N2OS. The topological polar surface area (TPSA) is 42.0 Å². The predicted octanol–water partition coefficient (Wildman–Crippen LogP) is 2.97. The Morgan fingerprint density at radius 1 is 1.39 bits per heavy atom. The number of hydrogen-bond donors (Lipinski definition) is 1. The third kappa shape index (κ3) is 2.66. The van der Waals surface area contributed by atoms with Gasteiger partial charge in [0, 0.05) is 12.5 Å². The fourth-order valence-corrected chi connectivity index (χ4v) is 2.77. The van der Waals surface area contributed by atoms with Gasteiger partial charge in [-0.25, -0.2) is 4.98 Å². The molecular weight excluding hydrogens is 244 g/mol. The molecule has 4 heteroatoms. The maximum absolute atomic E-state index is 10.6. The molecule has 0 fully saturated rings. The van der Waals surface area contributed by atoms with Crippen LogP contribution in [0.15, 0.2) is 29.8 Å². The lowest BCUT2D eigenvalue weighted by molar-refractivity contribution is -0.108. The maximum atomic E-state index is 10.6. The van der Waals surface area contributed by atoms with Gasteiger partial charge in [-0.05, 0) is 25.1 Å². The van der Waals surface area contributed by atoms with Crippen molar-refractivity contribution in [3.05, 3.63) is 41.0 Å². The highest BCUT2D eigenvalue weighted by atomic mass is 32.1. The molecule has 0 aliphatic heterocycles. The van der Waals surface area contributed by atoms with Crippen LogP contribution in [0, 0.1) is 6.92 Å². The Morgan fingerprint density at radius 3 is 2.61 bits per heavy atom. The minimum absolute atomic E-state index is 0.0964. The van der Waals surface area contributed by atoms with Crippen LogP contribution in [-0.4, -0.2) is 18.3 Å². The van der Waals surface area contributed by atoms with E-state index >= 15 is 0 Å². The SMILES string of the molecule is CNC(CC=O)c1ccc(-c2scnc2C)cc1. The standard InChI is InChI=1S/C14H16N2OS/c1-10-14(18-9-16-10)12-5-3-11(4-6-12)13(15-2)7-8-17/h3-6,8-9,13,15H,7H2,1-2H3. The first-order valence-electron chi connectivity index (χ1n) is 5.87. The number of aldehydes is 1. The van der Waals surface area contributed by atoms with Gasteiger partial charge in [0.25, 0.3) is 0 Å². The van der Waals surface area contributed by atoms with Crippen molar-refractivity contribution in [3.8, 4) is 10.4 Å². The molecule has 0 bridgehead atoms. The fourth-order valence-electron chi connectivity index (χ4n) is 1.96. The first-order valence-corrected chi connectivity index (χ1v) is 6.75. The first-order chi connectivity index (χ1) is 8.76. The van der Waals surface area contributed by atoms with E-state index in [0.29, 0.717) is 6.42 Å². The summed E-state index contributed by atoms with van der Waals surface area (Å²) >= 11 is 1.65. The Bertz CT molecular complexity index is 519. The number of thiazole rings is 1. The Balaban J connectivity index is 2.24. The van der Waals surface area contributed by atoms with Gasteiger partial charge in [-0.1, -0.05) is 24.3 Å². The second-order valence-electron chi connectivity index (χ2n) is 4.13. The highest BCUT2D eigenvalue weighted by molar-refractivity contribution is 7.13. The normalized spacial score (nSPS) is 12.3. The number of carbonyl (C=O) groups excluding carboxylic acids is 1. The lowest BCUT2D eigenvalue weighted by Crippen LogP contribution is -2.16. The third-order valence-electron chi connectivity index (χ3n) is 3.00. The van der Waals surface area contributed by atoms with Gasteiger partial charge in [-0.2, -0.15) is 0 Å². The van der Waals surface area contributed by atoms with Crippen LogP contribution in [0.5, 0.6) is 0 Å². The van der Waals surface area contributed by atoms with E-state index in [9.17, 15) is 4.79 Å². The summed E-state index contributed by atoms with van der Waals surface area (Å²) in [5.41, 5.74) is 5.24. The van der Waals surface area contributed by atoms with Crippen molar-refractivity contribution in [3.63, 3.8) is 0 Å². The van der Waals surface area contributed by atoms with E-state index in [1.165, 1.54) is 10.4 Å². The number of aromatic nitrogens is 1. The van der Waals surface area contributed by atoms with Gasteiger partial charge in [0.15, 0.2) is 0 Å². The summed E-state index contributed by atoms with van der Waals surface area (Å²) in [7, 11) is 1.87. The van der Waals surface area contributed by atoms with Gasteiger partial charge in [0.05, 0.1) is 16.1 Å². The lowest BCUT2D eigenvalue weighted by atomic mass is 10.0. The highest BCUT2D eigenvalue weighted by Gasteiger charge is 2.09. The number of rotatable bonds is 5. The quantitative estimate of drug-likeness (QED) is 0.840. The van der Waals surface area contributed by atoms with Crippen molar-refractivity contribution < 1.29 is 4.79 Å². The molecule has 1 aromatic carbocycles. The molecule has 18 heavy (non-hydrogen) atoms. The molecule has 0 spiro atoms. The van der Waals surface area contributed by atoms with E-state index in [-0.39, 0.29) is 6.04 Å². The Kier molecular flexibility index (Phi) is 4.23. The van der Waals surface area contributed by atoms with Crippen LogP contribution < -0.4 is 5.32 Å². The number of carbonyl (C=O) groups is 1. The van der Waals surface area contributed by atoms with Crippen LogP contribution in [0.4, 0.5) is 0 Å². The molecule has 1 N–H and O–H groups in total. The first kappa shape index (κ1) is 12.9. The molecule has 0 amide bonds. The lowest BCUT2D eigenvalue weighted by Gasteiger charge is -2.13. The summed E-state index contributed by atoms with van der Waals surface area (Å²) in [4.78, 5) is 16.1. The van der Waals surface area contributed by atoms with Crippen molar-refractivity contribution >= 4 is 17.6 Å². The molecule has 94 valence electrons. The van der Waals surface area contributed by atoms with Crippen molar-refractivity contribution in [2.45, 2.75) is 19.4 Å². The summed E-state index contributed by atoms with van der Waals surface area (Å²) < 4.78 is 0. The molecule has 2 rings (SSSR count). The Morgan fingerprint density at radius 2 is 2.11 bits per heavy atom. The van der Waals surface area contributed by atoms with Crippen LogP contribution >= 0.6 is 11.3 Å². The molecule has 0 aliphatic rings. The van der Waals surface area contributed by atoms with Crippen LogP contribution in [0.3, 0.4) is 0 Å². The summed E-state index contributed by atoms with van der Waals surface area (Å²) in [6.45, 7) is 2.02. The molecule has 1 unspecified atom stereocenters. The van der Waals surface area contributed by atoms with E-state index in [0.717, 1.165) is 17.5 Å². The van der Waals surface area contributed by atoms with E-state index in [4.69, 9.17) is 0 Å². The van der Waals surface area contributed by atoms with Gasteiger partial charge in [0.2, 0.25) is 0 Å². The minimum atomic E-state index is 0.0964. The van der Waals surface area contributed by atoms with Gasteiger partial charge in [-0.3, -0.25) is 0 Å². The highest BCUT2D eigenvalue weighted by Crippen LogP contribution is 2.28. The number of hydrogen-bond acceptors (Lipinski definition) is 4. The van der Waals surface area contributed by atoms with E-state index in [1.54, 1.807) is 11.3 Å². The van der Waals surface area contributed by atoms with Crippen LogP contribution in [0.1, 0.15) is 23.7 Å². The molecule has 3 nitrogen and oxygen atoms in total. The van der Waals surface area contributed by atoms with Gasteiger partial charge in [-0.15, -0.1) is 11.3 Å². The average Bonchev–Trinajstić information content (AvgIpc) is 2.82. The average molecular weight is 260 g/mol. The van der Waals surface area contributed by atoms with E-state index in [1.807, 2.05) is 19.5 Å². The summed E-state index contributed by atoms with van der Waals surface area (Å²) in [5, 5.41) is 3.14. The number of benzene rings is 1. The molecule has 2 aromatic rings. The fraction of sp³-hybridized carbons (Fsp3) is 0.286. The predicted molar refractivity (Wildman–Crippen MR) is 74.8 cm³/mol.